The fourth-order valence-corrected chi connectivity index (χ4v) is 5.80. The number of rotatable bonds is 5. The first-order valence-corrected chi connectivity index (χ1v) is 12.1. The maximum Gasteiger partial charge on any atom is 0.225 e. The lowest BCUT2D eigenvalue weighted by molar-refractivity contribution is -0.134. The Morgan fingerprint density at radius 1 is 1.18 bits per heavy atom. The molecular weight excluding hydrogens is 386 g/mol. The number of amides is 1. The fourth-order valence-electron chi connectivity index (χ4n) is 4.60. The first-order valence-electron chi connectivity index (χ1n) is 10.3. The lowest BCUT2D eigenvalue weighted by Gasteiger charge is -2.28. The van der Waals surface area contributed by atoms with Crippen molar-refractivity contribution in [3.63, 3.8) is 0 Å². The second-order valence-corrected chi connectivity index (χ2v) is 10.6. The van der Waals surface area contributed by atoms with E-state index in [1.54, 1.807) is 4.90 Å². The van der Waals surface area contributed by atoms with Crippen LogP contribution in [0.5, 0.6) is 0 Å². The molecule has 4 rings (SSSR count). The minimum Gasteiger partial charge on any atom is -0.388 e. The van der Waals surface area contributed by atoms with Gasteiger partial charge in [-0.1, -0.05) is 0 Å². The van der Waals surface area contributed by atoms with Crippen molar-refractivity contribution in [3.05, 3.63) is 0 Å². The molecule has 4 heterocycles. The van der Waals surface area contributed by atoms with Crippen LogP contribution in [0.25, 0.3) is 0 Å². The second kappa shape index (κ2) is 8.53. The first-order chi connectivity index (χ1) is 13.4. The summed E-state index contributed by atoms with van der Waals surface area (Å²) in [5.41, 5.74) is 0. The van der Waals surface area contributed by atoms with Crippen LogP contribution in [-0.4, -0.2) is 105 Å². The Morgan fingerprint density at radius 2 is 1.89 bits per heavy atom. The van der Waals surface area contributed by atoms with Crippen LogP contribution >= 0.6 is 0 Å². The number of aliphatic hydroxyl groups excluding tert-OH is 1. The van der Waals surface area contributed by atoms with E-state index in [0.29, 0.717) is 19.0 Å². The van der Waals surface area contributed by atoms with Gasteiger partial charge in [-0.25, -0.2) is 8.42 Å². The Hall–Kier alpha value is -0.780. The maximum atomic E-state index is 12.4. The average Bonchev–Trinajstić information content (AvgIpc) is 3.19. The number of ether oxygens (including phenoxy) is 2. The molecule has 0 spiro atoms. The van der Waals surface area contributed by atoms with Gasteiger partial charge in [-0.3, -0.25) is 4.79 Å². The molecular formula is C18H31N3O6S. The van der Waals surface area contributed by atoms with Crippen LogP contribution in [0.2, 0.25) is 0 Å². The van der Waals surface area contributed by atoms with Gasteiger partial charge in [0.2, 0.25) is 5.91 Å². The number of fused-ring (bicyclic) bond motifs is 1. The monoisotopic (exact) mass is 417 g/mol. The third-order valence-electron chi connectivity index (χ3n) is 6.32. The predicted molar refractivity (Wildman–Crippen MR) is 102 cm³/mol. The molecule has 1 amide bonds. The Kier molecular flexibility index (Phi) is 6.24. The van der Waals surface area contributed by atoms with Crippen molar-refractivity contribution in [1.29, 1.82) is 0 Å². The van der Waals surface area contributed by atoms with Gasteiger partial charge in [-0.05, 0) is 25.9 Å². The number of aliphatic hydroxyl groups is 1. The highest BCUT2D eigenvalue weighted by Crippen LogP contribution is 2.35. The third kappa shape index (κ3) is 4.68. The Balaban J connectivity index is 1.21. The standard InChI is InChI=1S/C18H31N3O6S/c22-16(21-5-7-28(24,25)8-6-21)10-13-9-14-18(26-13)17(23)15(27-14)11-20-12-1-3-19-4-2-12/h12-15,17-20,23H,1-11H2. The summed E-state index contributed by atoms with van der Waals surface area (Å²) in [7, 11) is -3.00. The van der Waals surface area contributed by atoms with E-state index in [1.807, 2.05) is 0 Å². The summed E-state index contributed by atoms with van der Waals surface area (Å²) in [6.45, 7) is 3.14. The van der Waals surface area contributed by atoms with E-state index in [0.717, 1.165) is 25.9 Å². The molecule has 4 aliphatic rings. The highest BCUT2D eigenvalue weighted by Gasteiger charge is 2.50. The maximum absolute atomic E-state index is 12.4. The first kappa shape index (κ1) is 20.5. The van der Waals surface area contributed by atoms with E-state index in [1.165, 1.54) is 0 Å². The molecule has 0 bridgehead atoms. The van der Waals surface area contributed by atoms with Crippen LogP contribution in [0.4, 0.5) is 0 Å². The molecule has 0 aromatic carbocycles. The van der Waals surface area contributed by atoms with Gasteiger partial charge in [0.05, 0.1) is 36.2 Å². The molecule has 4 aliphatic heterocycles. The molecule has 28 heavy (non-hydrogen) atoms. The van der Waals surface area contributed by atoms with Gasteiger partial charge in [-0.2, -0.15) is 0 Å². The van der Waals surface area contributed by atoms with Gasteiger partial charge >= 0.3 is 0 Å². The van der Waals surface area contributed by atoms with Crippen LogP contribution in [0, 0.1) is 0 Å². The molecule has 0 aliphatic carbocycles. The van der Waals surface area contributed by atoms with Gasteiger partial charge in [0.1, 0.15) is 12.2 Å². The van der Waals surface area contributed by atoms with Crippen molar-refractivity contribution in [2.75, 3.05) is 44.2 Å². The highest BCUT2D eigenvalue weighted by atomic mass is 32.2. The minimum absolute atomic E-state index is 0.0308. The molecule has 0 radical (unpaired) electrons. The summed E-state index contributed by atoms with van der Waals surface area (Å²) in [5, 5.41) is 17.4. The molecule has 10 heteroatoms. The number of piperidine rings is 1. The summed E-state index contributed by atoms with van der Waals surface area (Å²) in [5.74, 6) is -0.0231. The van der Waals surface area contributed by atoms with Crippen LogP contribution in [0.3, 0.4) is 0 Å². The Morgan fingerprint density at radius 3 is 2.57 bits per heavy atom. The zero-order valence-electron chi connectivity index (χ0n) is 16.1. The van der Waals surface area contributed by atoms with Gasteiger partial charge in [0, 0.05) is 32.1 Å². The number of sulfone groups is 1. The average molecular weight is 418 g/mol. The molecule has 4 saturated heterocycles. The van der Waals surface area contributed by atoms with E-state index in [-0.39, 0.29) is 61.3 Å². The van der Waals surface area contributed by atoms with Crippen molar-refractivity contribution in [3.8, 4) is 0 Å². The van der Waals surface area contributed by atoms with Gasteiger partial charge in [0.25, 0.3) is 0 Å². The van der Waals surface area contributed by atoms with E-state index in [9.17, 15) is 18.3 Å². The molecule has 3 N–H and O–H groups in total. The molecule has 9 nitrogen and oxygen atoms in total. The summed E-state index contributed by atoms with van der Waals surface area (Å²) in [6.07, 6.45) is 1.11. The molecule has 0 saturated carbocycles. The fraction of sp³-hybridized carbons (Fsp3) is 0.944. The zero-order chi connectivity index (χ0) is 19.7. The van der Waals surface area contributed by atoms with Gasteiger partial charge in [0.15, 0.2) is 9.84 Å². The predicted octanol–water partition coefficient (Wildman–Crippen LogP) is -1.74. The molecule has 5 atom stereocenters. The topological polar surface area (TPSA) is 117 Å². The smallest absolute Gasteiger partial charge is 0.225 e. The molecule has 4 fully saturated rings. The number of carbonyl (C=O) groups is 1. The van der Waals surface area contributed by atoms with Crippen LogP contribution in [0.1, 0.15) is 25.7 Å². The molecule has 160 valence electrons. The number of nitrogens with one attached hydrogen (secondary N) is 2. The molecule has 0 aromatic rings. The van der Waals surface area contributed by atoms with E-state index >= 15 is 0 Å². The summed E-state index contributed by atoms with van der Waals surface area (Å²) >= 11 is 0. The number of hydrogen-bond donors (Lipinski definition) is 3. The Bertz CT molecular complexity index is 654. The van der Waals surface area contributed by atoms with Crippen molar-refractivity contribution >= 4 is 15.7 Å². The lowest BCUT2D eigenvalue weighted by atomic mass is 10.0. The van der Waals surface area contributed by atoms with Crippen molar-refractivity contribution in [2.24, 2.45) is 0 Å². The third-order valence-corrected chi connectivity index (χ3v) is 7.93. The molecule has 5 unspecified atom stereocenters. The van der Waals surface area contributed by atoms with Crippen LogP contribution in [-0.2, 0) is 24.1 Å². The summed E-state index contributed by atoms with van der Waals surface area (Å²) in [6, 6.07) is 0.456. The van der Waals surface area contributed by atoms with Gasteiger partial charge in [-0.15, -0.1) is 0 Å². The minimum atomic E-state index is -3.00. The number of nitrogens with zero attached hydrogens (tertiary/aromatic N) is 1. The number of hydrogen-bond acceptors (Lipinski definition) is 8. The van der Waals surface area contributed by atoms with Crippen molar-refractivity contribution in [1.82, 2.24) is 15.5 Å². The largest absolute Gasteiger partial charge is 0.388 e. The zero-order valence-corrected chi connectivity index (χ0v) is 16.9. The van der Waals surface area contributed by atoms with Crippen LogP contribution < -0.4 is 10.6 Å². The van der Waals surface area contributed by atoms with Gasteiger partial charge < -0.3 is 30.1 Å². The summed E-state index contributed by atoms with van der Waals surface area (Å²) in [4.78, 5) is 14.0. The van der Waals surface area contributed by atoms with Crippen molar-refractivity contribution in [2.45, 2.75) is 62.2 Å². The number of carbonyl (C=O) groups excluding carboxylic acids is 1. The van der Waals surface area contributed by atoms with E-state index < -0.39 is 15.9 Å². The SMILES string of the molecule is O=C(CC1CC2OC(CNC3CCNCC3)C(O)C2O1)N1CCS(=O)(=O)CC1. The Labute approximate surface area is 166 Å². The normalized spacial score (nSPS) is 38.5. The van der Waals surface area contributed by atoms with E-state index in [4.69, 9.17) is 9.47 Å². The second-order valence-electron chi connectivity index (χ2n) is 8.33. The summed E-state index contributed by atoms with van der Waals surface area (Å²) < 4.78 is 35.0. The lowest BCUT2D eigenvalue weighted by Crippen LogP contribution is -2.46. The van der Waals surface area contributed by atoms with Crippen LogP contribution in [0.15, 0.2) is 0 Å². The molecule has 0 aromatic heterocycles. The van der Waals surface area contributed by atoms with E-state index in [2.05, 4.69) is 10.6 Å². The van der Waals surface area contributed by atoms with Crippen molar-refractivity contribution < 1.29 is 27.8 Å². The highest BCUT2D eigenvalue weighted by molar-refractivity contribution is 7.91. The quantitative estimate of drug-likeness (QED) is 0.483.